The summed E-state index contributed by atoms with van der Waals surface area (Å²) in [6.07, 6.45) is 0. The van der Waals surface area contributed by atoms with Crippen molar-refractivity contribution in [2.75, 3.05) is 0 Å². The lowest BCUT2D eigenvalue weighted by Gasteiger charge is -2.13. The zero-order chi connectivity index (χ0) is 13.1. The highest BCUT2D eigenvalue weighted by molar-refractivity contribution is 5.39. The number of hydrogen-bond donors (Lipinski definition) is 1. The molecule has 2 N–H and O–H groups in total. The molecule has 0 spiro atoms. The molecule has 0 radical (unpaired) electrons. The standard InChI is InChI=1S/C14H13F2NO/c1-9(17)13-8-11(16)4-7-14(13)18-12-5-2-10(15)3-6-12/h2-9H,17H2,1H3/t9-/m0/s1. The predicted octanol–water partition coefficient (Wildman–Crippen LogP) is 3.78. The molecule has 4 heteroatoms. The first-order valence-electron chi connectivity index (χ1n) is 5.54. The quantitative estimate of drug-likeness (QED) is 0.898. The van der Waals surface area contributed by atoms with E-state index in [1.165, 1.54) is 42.5 Å². The molecule has 2 rings (SSSR count). The Morgan fingerprint density at radius 2 is 1.61 bits per heavy atom. The molecular weight excluding hydrogens is 236 g/mol. The number of hydrogen-bond acceptors (Lipinski definition) is 2. The van der Waals surface area contributed by atoms with Gasteiger partial charge in [-0.25, -0.2) is 8.78 Å². The van der Waals surface area contributed by atoms with E-state index in [4.69, 9.17) is 10.5 Å². The topological polar surface area (TPSA) is 35.2 Å². The van der Waals surface area contributed by atoms with Gasteiger partial charge in [-0.1, -0.05) is 0 Å². The highest BCUT2D eigenvalue weighted by Gasteiger charge is 2.10. The molecule has 18 heavy (non-hydrogen) atoms. The summed E-state index contributed by atoms with van der Waals surface area (Å²) in [6.45, 7) is 1.74. The number of nitrogens with two attached hydrogens (primary N) is 1. The smallest absolute Gasteiger partial charge is 0.132 e. The lowest BCUT2D eigenvalue weighted by Crippen LogP contribution is -2.07. The lowest BCUT2D eigenvalue weighted by atomic mass is 10.1. The van der Waals surface area contributed by atoms with E-state index in [1.807, 2.05) is 0 Å². The van der Waals surface area contributed by atoms with E-state index in [0.29, 0.717) is 17.1 Å². The number of ether oxygens (including phenoxy) is 1. The van der Waals surface area contributed by atoms with E-state index in [9.17, 15) is 8.78 Å². The first-order chi connectivity index (χ1) is 8.56. The van der Waals surface area contributed by atoms with E-state index < -0.39 is 0 Å². The first-order valence-corrected chi connectivity index (χ1v) is 5.54. The molecule has 0 aliphatic heterocycles. The summed E-state index contributed by atoms with van der Waals surface area (Å²) >= 11 is 0. The Labute approximate surface area is 104 Å². The largest absolute Gasteiger partial charge is 0.457 e. The van der Waals surface area contributed by atoms with Gasteiger partial charge in [0, 0.05) is 11.6 Å². The number of halogens is 2. The maximum Gasteiger partial charge on any atom is 0.132 e. The van der Waals surface area contributed by atoms with Gasteiger partial charge in [0.1, 0.15) is 23.1 Å². The third kappa shape index (κ3) is 2.84. The molecule has 94 valence electrons. The van der Waals surface area contributed by atoms with E-state index >= 15 is 0 Å². The minimum absolute atomic E-state index is 0.339. The summed E-state index contributed by atoms with van der Waals surface area (Å²) in [5, 5.41) is 0. The van der Waals surface area contributed by atoms with Gasteiger partial charge in [0.15, 0.2) is 0 Å². The highest BCUT2D eigenvalue weighted by Crippen LogP contribution is 2.29. The summed E-state index contributed by atoms with van der Waals surface area (Å²) in [5.41, 5.74) is 6.32. The average molecular weight is 249 g/mol. The Morgan fingerprint density at radius 1 is 1.00 bits per heavy atom. The molecule has 0 heterocycles. The van der Waals surface area contributed by atoms with Crippen LogP contribution < -0.4 is 10.5 Å². The molecule has 0 saturated heterocycles. The van der Waals surface area contributed by atoms with Gasteiger partial charge in [-0.05, 0) is 49.4 Å². The van der Waals surface area contributed by atoms with E-state index in [-0.39, 0.29) is 17.7 Å². The second-order valence-electron chi connectivity index (χ2n) is 4.03. The molecule has 2 aromatic carbocycles. The van der Waals surface area contributed by atoms with Crippen LogP contribution in [0, 0.1) is 11.6 Å². The molecule has 0 aromatic heterocycles. The van der Waals surface area contributed by atoms with E-state index in [0.717, 1.165) is 0 Å². The van der Waals surface area contributed by atoms with Crippen molar-refractivity contribution in [2.24, 2.45) is 5.73 Å². The van der Waals surface area contributed by atoms with Gasteiger partial charge in [-0.3, -0.25) is 0 Å². The number of rotatable bonds is 3. The summed E-state index contributed by atoms with van der Waals surface area (Å²) < 4.78 is 31.5. The van der Waals surface area contributed by atoms with Crippen molar-refractivity contribution in [3.05, 3.63) is 59.7 Å². The fraction of sp³-hybridized carbons (Fsp3) is 0.143. The predicted molar refractivity (Wildman–Crippen MR) is 65.5 cm³/mol. The van der Waals surface area contributed by atoms with Gasteiger partial charge in [0.25, 0.3) is 0 Å². The van der Waals surface area contributed by atoms with Crippen LogP contribution in [0.15, 0.2) is 42.5 Å². The van der Waals surface area contributed by atoms with Crippen LogP contribution in [0.1, 0.15) is 18.5 Å². The zero-order valence-electron chi connectivity index (χ0n) is 9.86. The van der Waals surface area contributed by atoms with Crippen molar-refractivity contribution in [2.45, 2.75) is 13.0 Å². The van der Waals surface area contributed by atoms with Crippen LogP contribution in [0.25, 0.3) is 0 Å². The summed E-state index contributed by atoms with van der Waals surface area (Å²) in [6, 6.07) is 9.39. The maximum atomic E-state index is 13.1. The lowest BCUT2D eigenvalue weighted by molar-refractivity contribution is 0.467. The van der Waals surface area contributed by atoms with E-state index in [1.54, 1.807) is 6.92 Å². The molecule has 0 fully saturated rings. The van der Waals surface area contributed by atoms with Crippen molar-refractivity contribution >= 4 is 0 Å². The maximum absolute atomic E-state index is 13.1. The monoisotopic (exact) mass is 249 g/mol. The van der Waals surface area contributed by atoms with Crippen LogP contribution >= 0.6 is 0 Å². The average Bonchev–Trinajstić information content (AvgIpc) is 2.34. The molecule has 1 atom stereocenters. The van der Waals surface area contributed by atoms with Crippen molar-refractivity contribution in [1.29, 1.82) is 0 Å². The van der Waals surface area contributed by atoms with Crippen molar-refractivity contribution in [3.8, 4) is 11.5 Å². The minimum atomic E-state index is -0.367. The third-order valence-corrected chi connectivity index (χ3v) is 2.50. The molecule has 0 aliphatic carbocycles. The van der Waals surface area contributed by atoms with E-state index in [2.05, 4.69) is 0 Å². The van der Waals surface area contributed by atoms with Crippen LogP contribution in [0.2, 0.25) is 0 Å². The normalized spacial score (nSPS) is 12.2. The molecule has 2 aromatic rings. The van der Waals surface area contributed by atoms with Crippen LogP contribution in [-0.4, -0.2) is 0 Å². The summed E-state index contributed by atoms with van der Waals surface area (Å²) in [7, 11) is 0. The molecule has 0 unspecified atom stereocenters. The van der Waals surface area contributed by atoms with Crippen molar-refractivity contribution in [3.63, 3.8) is 0 Å². The van der Waals surface area contributed by atoms with Crippen molar-refractivity contribution in [1.82, 2.24) is 0 Å². The fourth-order valence-electron chi connectivity index (χ4n) is 1.60. The van der Waals surface area contributed by atoms with Gasteiger partial charge in [0.05, 0.1) is 0 Å². The minimum Gasteiger partial charge on any atom is -0.457 e. The zero-order valence-corrected chi connectivity index (χ0v) is 9.86. The van der Waals surface area contributed by atoms with Crippen LogP contribution in [0.3, 0.4) is 0 Å². The van der Waals surface area contributed by atoms with Gasteiger partial charge >= 0.3 is 0 Å². The second-order valence-corrected chi connectivity index (χ2v) is 4.03. The Kier molecular flexibility index (Phi) is 3.58. The van der Waals surface area contributed by atoms with Crippen LogP contribution in [0.4, 0.5) is 8.78 Å². The molecular formula is C14H13F2NO. The first kappa shape index (κ1) is 12.5. The van der Waals surface area contributed by atoms with Gasteiger partial charge in [-0.15, -0.1) is 0 Å². The summed E-state index contributed by atoms with van der Waals surface area (Å²) in [5.74, 6) is 0.241. The second kappa shape index (κ2) is 5.14. The summed E-state index contributed by atoms with van der Waals surface area (Å²) in [4.78, 5) is 0. The third-order valence-electron chi connectivity index (χ3n) is 2.50. The molecule has 0 saturated carbocycles. The SMILES string of the molecule is C[C@H](N)c1cc(F)ccc1Oc1ccc(F)cc1. The fourth-order valence-corrected chi connectivity index (χ4v) is 1.60. The number of benzene rings is 2. The van der Waals surface area contributed by atoms with Crippen molar-refractivity contribution < 1.29 is 13.5 Å². The Bertz CT molecular complexity index is 538. The molecule has 0 bridgehead atoms. The Balaban J connectivity index is 2.31. The Hall–Kier alpha value is -1.94. The van der Waals surface area contributed by atoms with Crippen LogP contribution in [0.5, 0.6) is 11.5 Å². The molecule has 0 aliphatic rings. The molecule has 0 amide bonds. The highest BCUT2D eigenvalue weighted by atomic mass is 19.1. The molecule has 2 nitrogen and oxygen atoms in total. The Morgan fingerprint density at radius 3 is 2.22 bits per heavy atom. The van der Waals surface area contributed by atoms with Gasteiger partial charge in [-0.2, -0.15) is 0 Å². The van der Waals surface area contributed by atoms with Crippen LogP contribution in [-0.2, 0) is 0 Å². The van der Waals surface area contributed by atoms with Gasteiger partial charge in [0.2, 0.25) is 0 Å². The van der Waals surface area contributed by atoms with Gasteiger partial charge < -0.3 is 10.5 Å².